The van der Waals surface area contributed by atoms with Crippen molar-refractivity contribution in [3.05, 3.63) is 51.0 Å². The molecule has 0 bridgehead atoms. The summed E-state index contributed by atoms with van der Waals surface area (Å²) in [4.78, 5) is -0.0262. The summed E-state index contributed by atoms with van der Waals surface area (Å²) < 4.78 is 27.0. The van der Waals surface area contributed by atoms with Crippen molar-refractivity contribution >= 4 is 56.2 Å². The van der Waals surface area contributed by atoms with Crippen LogP contribution >= 0.6 is 34.8 Å². The normalized spacial score (nSPS) is 11.4. The van der Waals surface area contributed by atoms with Crippen LogP contribution in [0.1, 0.15) is 5.56 Å². The number of sulfonamides is 1. The molecule has 4 nitrogen and oxygen atoms in total. The van der Waals surface area contributed by atoms with E-state index in [2.05, 4.69) is 4.72 Å². The van der Waals surface area contributed by atoms with Gasteiger partial charge in [0.2, 0.25) is 0 Å². The second-order valence-electron chi connectivity index (χ2n) is 4.35. The van der Waals surface area contributed by atoms with Crippen molar-refractivity contribution in [2.45, 2.75) is 11.8 Å². The molecular formula is C13H11Cl3N2O2S. The topological polar surface area (TPSA) is 72.2 Å². The summed E-state index contributed by atoms with van der Waals surface area (Å²) in [7, 11) is -3.82. The Hall–Kier alpha value is -1.14. The van der Waals surface area contributed by atoms with Crippen LogP contribution in [0.4, 0.5) is 11.4 Å². The molecule has 112 valence electrons. The van der Waals surface area contributed by atoms with Gasteiger partial charge >= 0.3 is 0 Å². The molecule has 0 spiro atoms. The predicted octanol–water partition coefficient (Wildman–Crippen LogP) is 4.34. The maximum Gasteiger partial charge on any atom is 0.262 e. The van der Waals surface area contributed by atoms with E-state index in [0.29, 0.717) is 22.0 Å². The van der Waals surface area contributed by atoms with E-state index in [9.17, 15) is 8.42 Å². The molecule has 0 aliphatic rings. The van der Waals surface area contributed by atoms with E-state index in [0.717, 1.165) is 0 Å². The Kier molecular flexibility index (Phi) is 4.58. The van der Waals surface area contributed by atoms with Crippen molar-refractivity contribution in [1.29, 1.82) is 0 Å². The van der Waals surface area contributed by atoms with Crippen molar-refractivity contribution in [3.8, 4) is 0 Å². The third-order valence-corrected chi connectivity index (χ3v) is 5.33. The fraction of sp³-hybridized carbons (Fsp3) is 0.0769. The summed E-state index contributed by atoms with van der Waals surface area (Å²) in [6.45, 7) is 1.71. The molecule has 8 heteroatoms. The average molecular weight is 366 g/mol. The fourth-order valence-electron chi connectivity index (χ4n) is 1.60. The lowest BCUT2D eigenvalue weighted by molar-refractivity contribution is 0.601. The number of rotatable bonds is 3. The first kappa shape index (κ1) is 16.2. The van der Waals surface area contributed by atoms with E-state index in [1.54, 1.807) is 6.92 Å². The van der Waals surface area contributed by atoms with E-state index >= 15 is 0 Å². The summed E-state index contributed by atoms with van der Waals surface area (Å²) in [5.74, 6) is 0. The summed E-state index contributed by atoms with van der Waals surface area (Å²) >= 11 is 17.6. The van der Waals surface area contributed by atoms with Gasteiger partial charge in [0.1, 0.15) is 0 Å². The maximum absolute atomic E-state index is 12.3. The second kappa shape index (κ2) is 5.93. The fourth-order valence-corrected chi connectivity index (χ4v) is 3.30. The summed E-state index contributed by atoms with van der Waals surface area (Å²) in [6.07, 6.45) is 0. The molecule has 21 heavy (non-hydrogen) atoms. The van der Waals surface area contributed by atoms with Crippen molar-refractivity contribution in [3.63, 3.8) is 0 Å². The highest BCUT2D eigenvalue weighted by Crippen LogP contribution is 2.29. The Morgan fingerprint density at radius 2 is 1.67 bits per heavy atom. The molecule has 0 aromatic heterocycles. The molecule has 2 aromatic rings. The van der Waals surface area contributed by atoms with Crippen LogP contribution in [0.15, 0.2) is 35.2 Å². The molecule has 0 amide bonds. The quantitative estimate of drug-likeness (QED) is 0.795. The van der Waals surface area contributed by atoms with Crippen LogP contribution in [0.5, 0.6) is 0 Å². The van der Waals surface area contributed by atoms with Gasteiger partial charge < -0.3 is 5.73 Å². The van der Waals surface area contributed by atoms with Crippen molar-refractivity contribution < 1.29 is 8.42 Å². The molecule has 0 saturated heterocycles. The molecule has 0 atom stereocenters. The molecule has 3 N–H and O–H groups in total. The number of nitrogens with one attached hydrogen (secondary N) is 1. The zero-order chi connectivity index (χ0) is 15.8. The molecule has 0 unspecified atom stereocenters. The highest BCUT2D eigenvalue weighted by atomic mass is 35.5. The van der Waals surface area contributed by atoms with Crippen LogP contribution in [-0.4, -0.2) is 8.42 Å². The molecule has 0 fully saturated rings. The lowest BCUT2D eigenvalue weighted by Gasteiger charge is -2.11. The standard InChI is InChI=1S/C13H11Cl3N2O2S/c1-7-11(15)5-9(6-13(7)17)21(19,20)18-8-2-3-10(14)12(16)4-8/h2-6,18H,17H2,1H3. The summed E-state index contributed by atoms with van der Waals surface area (Å²) in [5, 5.41) is 0.866. The minimum absolute atomic E-state index is 0.0262. The highest BCUT2D eigenvalue weighted by Gasteiger charge is 2.17. The highest BCUT2D eigenvalue weighted by molar-refractivity contribution is 7.92. The number of hydrogen-bond donors (Lipinski definition) is 2. The maximum atomic E-state index is 12.3. The van der Waals surface area contributed by atoms with Crippen LogP contribution in [-0.2, 0) is 10.0 Å². The summed E-state index contributed by atoms with van der Waals surface area (Å²) in [6, 6.07) is 7.11. The zero-order valence-electron chi connectivity index (χ0n) is 10.8. The van der Waals surface area contributed by atoms with Crippen LogP contribution < -0.4 is 10.5 Å². The number of halogens is 3. The number of benzene rings is 2. The third-order valence-electron chi connectivity index (χ3n) is 2.84. The Morgan fingerprint density at radius 1 is 1.00 bits per heavy atom. The first-order valence-electron chi connectivity index (χ1n) is 5.74. The van der Waals surface area contributed by atoms with Gasteiger partial charge in [0.05, 0.1) is 20.6 Å². The molecule has 0 aliphatic heterocycles. The minimum atomic E-state index is -3.82. The number of hydrogen-bond acceptors (Lipinski definition) is 3. The largest absolute Gasteiger partial charge is 0.398 e. The number of nitrogens with two attached hydrogens (primary N) is 1. The van der Waals surface area contributed by atoms with E-state index < -0.39 is 10.0 Å². The van der Waals surface area contributed by atoms with Gasteiger partial charge in [-0.2, -0.15) is 0 Å². The Bertz CT molecular complexity index is 784. The molecule has 0 aliphatic carbocycles. The molecule has 2 rings (SSSR count). The van der Waals surface area contributed by atoms with E-state index in [1.807, 2.05) is 0 Å². The number of nitrogen functional groups attached to an aromatic ring is 1. The smallest absolute Gasteiger partial charge is 0.262 e. The Balaban J connectivity index is 2.40. The van der Waals surface area contributed by atoms with Crippen molar-refractivity contribution in [2.75, 3.05) is 10.5 Å². The molecule has 0 radical (unpaired) electrons. The van der Waals surface area contributed by atoms with Crippen LogP contribution in [0.25, 0.3) is 0 Å². The lowest BCUT2D eigenvalue weighted by Crippen LogP contribution is -2.13. The Morgan fingerprint density at radius 3 is 2.24 bits per heavy atom. The van der Waals surface area contributed by atoms with Gasteiger partial charge in [-0.1, -0.05) is 34.8 Å². The van der Waals surface area contributed by atoms with Crippen LogP contribution in [0, 0.1) is 6.92 Å². The average Bonchev–Trinajstić information content (AvgIpc) is 2.39. The zero-order valence-corrected chi connectivity index (χ0v) is 13.9. The molecule has 0 saturated carbocycles. The van der Waals surface area contributed by atoms with Gasteiger partial charge in [0.25, 0.3) is 10.0 Å². The molecule has 2 aromatic carbocycles. The van der Waals surface area contributed by atoms with Gasteiger partial charge in [0.15, 0.2) is 0 Å². The van der Waals surface area contributed by atoms with E-state index in [1.165, 1.54) is 30.3 Å². The third kappa shape index (κ3) is 3.55. The van der Waals surface area contributed by atoms with Crippen LogP contribution in [0.3, 0.4) is 0 Å². The second-order valence-corrected chi connectivity index (χ2v) is 7.26. The summed E-state index contributed by atoms with van der Waals surface area (Å²) in [5.41, 5.74) is 6.96. The van der Waals surface area contributed by atoms with Crippen LogP contribution in [0.2, 0.25) is 15.1 Å². The first-order valence-corrected chi connectivity index (χ1v) is 8.36. The molecular weight excluding hydrogens is 355 g/mol. The van der Waals surface area contributed by atoms with E-state index in [-0.39, 0.29) is 14.9 Å². The van der Waals surface area contributed by atoms with Gasteiger partial charge in [-0.25, -0.2) is 8.42 Å². The van der Waals surface area contributed by atoms with Gasteiger partial charge in [-0.05, 0) is 42.8 Å². The monoisotopic (exact) mass is 364 g/mol. The first-order chi connectivity index (χ1) is 9.70. The van der Waals surface area contributed by atoms with Gasteiger partial charge in [0, 0.05) is 10.7 Å². The SMILES string of the molecule is Cc1c(N)cc(S(=O)(=O)Nc2ccc(Cl)c(Cl)c2)cc1Cl. The lowest BCUT2D eigenvalue weighted by atomic mass is 10.2. The molecule has 0 heterocycles. The van der Waals surface area contributed by atoms with Crippen molar-refractivity contribution in [2.24, 2.45) is 0 Å². The van der Waals surface area contributed by atoms with Gasteiger partial charge in [-0.15, -0.1) is 0 Å². The number of anilines is 2. The predicted molar refractivity (Wildman–Crippen MR) is 87.9 cm³/mol. The minimum Gasteiger partial charge on any atom is -0.398 e. The van der Waals surface area contributed by atoms with Gasteiger partial charge in [-0.3, -0.25) is 4.72 Å². The van der Waals surface area contributed by atoms with E-state index in [4.69, 9.17) is 40.5 Å². The van der Waals surface area contributed by atoms with Crippen molar-refractivity contribution in [1.82, 2.24) is 0 Å². The Labute approximate surface area is 137 Å².